The molecule has 3 heterocycles. The first kappa shape index (κ1) is 20.3. The molecule has 1 atom stereocenters. The Morgan fingerprint density at radius 1 is 1.27 bits per heavy atom. The van der Waals surface area contributed by atoms with E-state index in [1.165, 1.54) is 12.5 Å². The van der Waals surface area contributed by atoms with Crippen molar-refractivity contribution < 1.29 is 9.21 Å². The van der Waals surface area contributed by atoms with Gasteiger partial charge in [-0.15, -0.1) is 0 Å². The molecule has 4 aromatic rings. The fraction of sp³-hybridized carbons (Fsp3) is 0.273. The molecule has 0 amide bonds. The normalized spacial score (nSPS) is 12.3. The van der Waals surface area contributed by atoms with Crippen LogP contribution in [0.15, 0.2) is 53.4 Å². The highest BCUT2D eigenvalue weighted by Crippen LogP contribution is 2.24. The number of aromatic amines is 1. The van der Waals surface area contributed by atoms with Crippen molar-refractivity contribution in [2.75, 3.05) is 11.5 Å². The Morgan fingerprint density at radius 3 is 3.00 bits per heavy atom. The van der Waals surface area contributed by atoms with Gasteiger partial charge in [-0.3, -0.25) is 9.78 Å². The van der Waals surface area contributed by atoms with Crippen molar-refractivity contribution in [3.63, 3.8) is 0 Å². The molecule has 7 nitrogen and oxygen atoms in total. The Kier molecular flexibility index (Phi) is 6.25. The van der Waals surface area contributed by atoms with Gasteiger partial charge in [0.2, 0.25) is 5.78 Å². The van der Waals surface area contributed by atoms with Gasteiger partial charge in [0.1, 0.15) is 12.1 Å². The van der Waals surface area contributed by atoms with E-state index in [9.17, 15) is 4.79 Å². The summed E-state index contributed by atoms with van der Waals surface area (Å²) < 4.78 is 5.01. The van der Waals surface area contributed by atoms with E-state index in [4.69, 9.17) is 10.2 Å². The number of imidazole rings is 1. The van der Waals surface area contributed by atoms with Gasteiger partial charge in [0.15, 0.2) is 0 Å². The summed E-state index contributed by atoms with van der Waals surface area (Å²) >= 11 is 1.71. The SMILES string of the molecule is Cc1ccc2cc(-c3cnc([C@@H](N)CSCCCC(=O)c4ncco4)[nH]3)ccc2n1. The summed E-state index contributed by atoms with van der Waals surface area (Å²) in [5.41, 5.74) is 10.3. The van der Waals surface area contributed by atoms with Crippen LogP contribution in [0.1, 0.15) is 41.1 Å². The lowest BCUT2D eigenvalue weighted by molar-refractivity contribution is 0.0948. The summed E-state index contributed by atoms with van der Waals surface area (Å²) in [5.74, 6) is 2.43. The lowest BCUT2D eigenvalue weighted by Crippen LogP contribution is -2.15. The quantitative estimate of drug-likeness (QED) is 0.306. The monoisotopic (exact) mass is 421 g/mol. The molecule has 0 bridgehead atoms. The predicted octanol–water partition coefficient (Wildman–Crippen LogP) is 4.32. The average Bonchev–Trinajstić information content (AvgIpc) is 3.45. The minimum absolute atomic E-state index is 0.0682. The molecule has 30 heavy (non-hydrogen) atoms. The van der Waals surface area contributed by atoms with Crippen molar-refractivity contribution >= 4 is 28.4 Å². The van der Waals surface area contributed by atoms with Crippen LogP contribution in [0.4, 0.5) is 0 Å². The molecule has 0 aliphatic rings. The van der Waals surface area contributed by atoms with Crippen LogP contribution < -0.4 is 5.73 Å². The number of pyridine rings is 1. The van der Waals surface area contributed by atoms with Gasteiger partial charge in [0, 0.05) is 28.8 Å². The van der Waals surface area contributed by atoms with Crippen LogP contribution >= 0.6 is 11.8 Å². The highest BCUT2D eigenvalue weighted by Gasteiger charge is 2.13. The lowest BCUT2D eigenvalue weighted by atomic mass is 10.1. The third-order valence-electron chi connectivity index (χ3n) is 4.75. The average molecular weight is 422 g/mol. The first-order chi connectivity index (χ1) is 14.6. The molecule has 3 aromatic heterocycles. The summed E-state index contributed by atoms with van der Waals surface area (Å²) in [7, 11) is 0. The van der Waals surface area contributed by atoms with Crippen molar-refractivity contribution in [2.45, 2.75) is 25.8 Å². The van der Waals surface area contributed by atoms with Crippen molar-refractivity contribution in [2.24, 2.45) is 5.73 Å². The number of hydrogen-bond acceptors (Lipinski definition) is 7. The van der Waals surface area contributed by atoms with Crippen molar-refractivity contribution in [1.82, 2.24) is 19.9 Å². The number of thioether (sulfide) groups is 1. The van der Waals surface area contributed by atoms with E-state index in [1.54, 1.807) is 11.8 Å². The number of hydrogen-bond donors (Lipinski definition) is 2. The highest BCUT2D eigenvalue weighted by atomic mass is 32.2. The number of carbonyl (C=O) groups excluding carboxylic acids is 1. The van der Waals surface area contributed by atoms with Crippen LogP contribution in [0, 0.1) is 6.92 Å². The van der Waals surface area contributed by atoms with Crippen LogP contribution in [0.2, 0.25) is 0 Å². The number of oxazole rings is 1. The van der Waals surface area contributed by atoms with E-state index in [0.717, 1.165) is 51.6 Å². The standard InChI is InChI=1S/C22H23N5O2S/c1-14-4-5-15-11-16(6-7-18(15)26-14)19-12-25-21(27-19)17(23)13-30-10-2-3-20(28)22-24-8-9-29-22/h4-9,11-12,17H,2-3,10,13,23H2,1H3,(H,25,27)/t17-/m0/s1. The molecule has 0 saturated carbocycles. The molecule has 0 fully saturated rings. The Labute approximate surface area is 178 Å². The van der Waals surface area contributed by atoms with Gasteiger partial charge < -0.3 is 15.1 Å². The van der Waals surface area contributed by atoms with E-state index >= 15 is 0 Å². The smallest absolute Gasteiger partial charge is 0.263 e. The summed E-state index contributed by atoms with van der Waals surface area (Å²) in [4.78, 5) is 28.1. The number of Topliss-reactive ketones (excluding diaryl/α,β-unsaturated/α-hetero) is 1. The summed E-state index contributed by atoms with van der Waals surface area (Å²) in [6, 6.07) is 10.1. The van der Waals surface area contributed by atoms with E-state index in [1.807, 2.05) is 31.3 Å². The van der Waals surface area contributed by atoms with Gasteiger partial charge in [-0.1, -0.05) is 12.1 Å². The molecular weight excluding hydrogens is 398 g/mol. The fourth-order valence-corrected chi connectivity index (χ4v) is 4.09. The van der Waals surface area contributed by atoms with Gasteiger partial charge in [-0.25, -0.2) is 9.97 Å². The first-order valence-corrected chi connectivity index (χ1v) is 10.9. The molecular formula is C22H23N5O2S. The number of H-pyrrole nitrogens is 1. The second-order valence-electron chi connectivity index (χ2n) is 7.09. The summed E-state index contributed by atoms with van der Waals surface area (Å²) in [6.45, 7) is 1.99. The van der Waals surface area contributed by atoms with Gasteiger partial charge in [-0.2, -0.15) is 11.8 Å². The third-order valence-corrected chi connectivity index (χ3v) is 5.92. The van der Waals surface area contributed by atoms with E-state index in [-0.39, 0.29) is 17.7 Å². The minimum atomic E-state index is -0.198. The van der Waals surface area contributed by atoms with Gasteiger partial charge in [0.05, 0.1) is 29.6 Å². The molecule has 8 heteroatoms. The second-order valence-corrected chi connectivity index (χ2v) is 8.24. The number of aromatic nitrogens is 4. The Balaban J connectivity index is 1.29. The number of carbonyl (C=O) groups is 1. The molecule has 154 valence electrons. The maximum atomic E-state index is 11.9. The Bertz CT molecular complexity index is 1140. The van der Waals surface area contributed by atoms with Crippen molar-refractivity contribution in [3.05, 3.63) is 66.4 Å². The number of aryl methyl sites for hydroxylation is 1. The highest BCUT2D eigenvalue weighted by molar-refractivity contribution is 7.99. The topological polar surface area (TPSA) is 111 Å². The molecule has 4 rings (SSSR count). The number of benzene rings is 1. The Hall–Kier alpha value is -2.97. The largest absolute Gasteiger partial charge is 0.442 e. The zero-order valence-corrected chi connectivity index (χ0v) is 17.5. The minimum Gasteiger partial charge on any atom is -0.442 e. The summed E-state index contributed by atoms with van der Waals surface area (Å²) in [6.07, 6.45) is 5.89. The molecule has 0 aliphatic heterocycles. The molecule has 0 radical (unpaired) electrons. The van der Waals surface area contributed by atoms with E-state index in [2.05, 4.69) is 32.1 Å². The fourth-order valence-electron chi connectivity index (χ4n) is 3.16. The van der Waals surface area contributed by atoms with Crippen molar-refractivity contribution in [1.29, 1.82) is 0 Å². The van der Waals surface area contributed by atoms with Crippen LogP contribution in [0.25, 0.3) is 22.2 Å². The van der Waals surface area contributed by atoms with E-state index < -0.39 is 0 Å². The number of rotatable bonds is 9. The zero-order chi connectivity index (χ0) is 20.9. The number of fused-ring (bicyclic) bond motifs is 1. The van der Waals surface area contributed by atoms with Crippen LogP contribution in [-0.4, -0.2) is 37.2 Å². The first-order valence-electron chi connectivity index (χ1n) is 9.79. The van der Waals surface area contributed by atoms with Crippen LogP contribution in [0.3, 0.4) is 0 Å². The van der Waals surface area contributed by atoms with Crippen molar-refractivity contribution in [3.8, 4) is 11.3 Å². The number of nitrogens with two attached hydrogens (primary N) is 1. The lowest BCUT2D eigenvalue weighted by Gasteiger charge is -2.08. The molecule has 1 aromatic carbocycles. The van der Waals surface area contributed by atoms with Gasteiger partial charge in [0.25, 0.3) is 5.89 Å². The molecule has 0 aliphatic carbocycles. The van der Waals surface area contributed by atoms with Gasteiger partial charge in [-0.05, 0) is 37.3 Å². The number of nitrogens with zero attached hydrogens (tertiary/aromatic N) is 3. The molecule has 3 N–H and O–H groups in total. The zero-order valence-electron chi connectivity index (χ0n) is 16.7. The summed E-state index contributed by atoms with van der Waals surface area (Å²) in [5, 5.41) is 1.09. The maximum absolute atomic E-state index is 11.9. The maximum Gasteiger partial charge on any atom is 0.263 e. The van der Waals surface area contributed by atoms with Gasteiger partial charge >= 0.3 is 0 Å². The van der Waals surface area contributed by atoms with E-state index in [0.29, 0.717) is 6.42 Å². The third kappa shape index (κ3) is 4.77. The van der Waals surface area contributed by atoms with Crippen LogP contribution in [0.5, 0.6) is 0 Å². The molecule has 0 saturated heterocycles. The van der Waals surface area contributed by atoms with Crippen LogP contribution in [-0.2, 0) is 0 Å². The molecule has 0 spiro atoms. The number of nitrogens with one attached hydrogen (secondary N) is 1. The molecule has 0 unspecified atom stereocenters. The predicted molar refractivity (Wildman–Crippen MR) is 118 cm³/mol. The number of ketones is 1. The second kappa shape index (κ2) is 9.23. The Morgan fingerprint density at radius 2 is 2.17 bits per heavy atom.